The number of carbonyl (C=O) groups is 1. The van der Waals surface area contributed by atoms with Crippen molar-refractivity contribution in [1.29, 1.82) is 0 Å². The molecule has 0 radical (unpaired) electrons. The maximum Gasteiger partial charge on any atom is 0.275 e. The standard InChI is InChI=1S/C14H15ClN4O/c1-3-17-12-5-4-11(15)13(19-12)14(20)18-10-6-9(2)7-16-8-10/h4-8H,3H2,1-2H3,(H,17,19)(H,18,20). The molecular weight excluding hydrogens is 276 g/mol. The summed E-state index contributed by atoms with van der Waals surface area (Å²) in [7, 11) is 0. The van der Waals surface area contributed by atoms with Crippen LogP contribution in [-0.2, 0) is 0 Å². The van der Waals surface area contributed by atoms with Gasteiger partial charge in [-0.05, 0) is 37.6 Å². The summed E-state index contributed by atoms with van der Waals surface area (Å²) in [6.45, 7) is 4.58. The molecule has 0 saturated carbocycles. The lowest BCUT2D eigenvalue weighted by Crippen LogP contribution is -2.15. The first-order valence-electron chi connectivity index (χ1n) is 6.23. The fourth-order valence-electron chi connectivity index (χ4n) is 1.69. The van der Waals surface area contributed by atoms with Crippen LogP contribution in [0.5, 0.6) is 0 Å². The number of aromatic nitrogens is 2. The molecule has 0 aliphatic heterocycles. The predicted molar refractivity (Wildman–Crippen MR) is 80.3 cm³/mol. The quantitative estimate of drug-likeness (QED) is 0.908. The number of anilines is 2. The molecule has 2 heterocycles. The van der Waals surface area contributed by atoms with Gasteiger partial charge in [-0.3, -0.25) is 9.78 Å². The van der Waals surface area contributed by atoms with Crippen molar-refractivity contribution in [1.82, 2.24) is 9.97 Å². The maximum atomic E-state index is 12.2. The molecule has 0 unspecified atom stereocenters. The number of pyridine rings is 2. The molecule has 6 heteroatoms. The van der Waals surface area contributed by atoms with Crippen molar-refractivity contribution in [3.63, 3.8) is 0 Å². The van der Waals surface area contributed by atoms with Crippen LogP contribution in [0.4, 0.5) is 11.5 Å². The van der Waals surface area contributed by atoms with Crippen molar-refractivity contribution in [3.05, 3.63) is 46.9 Å². The predicted octanol–water partition coefficient (Wildman–Crippen LogP) is 3.12. The molecule has 0 bridgehead atoms. The van der Waals surface area contributed by atoms with E-state index in [1.807, 2.05) is 19.9 Å². The minimum absolute atomic E-state index is 0.187. The van der Waals surface area contributed by atoms with Crippen molar-refractivity contribution >= 4 is 29.0 Å². The van der Waals surface area contributed by atoms with Gasteiger partial charge in [0.1, 0.15) is 11.5 Å². The van der Waals surface area contributed by atoms with E-state index in [9.17, 15) is 4.79 Å². The molecule has 1 amide bonds. The average molecular weight is 291 g/mol. The van der Waals surface area contributed by atoms with E-state index < -0.39 is 0 Å². The molecule has 104 valence electrons. The lowest BCUT2D eigenvalue weighted by molar-refractivity contribution is 0.102. The van der Waals surface area contributed by atoms with Crippen LogP contribution in [-0.4, -0.2) is 22.4 Å². The van der Waals surface area contributed by atoms with Crippen molar-refractivity contribution < 1.29 is 4.79 Å². The van der Waals surface area contributed by atoms with Gasteiger partial charge in [0.15, 0.2) is 0 Å². The fraction of sp³-hybridized carbons (Fsp3) is 0.214. The molecule has 2 N–H and O–H groups in total. The highest BCUT2D eigenvalue weighted by Crippen LogP contribution is 2.18. The molecule has 0 aromatic carbocycles. The third kappa shape index (κ3) is 3.45. The van der Waals surface area contributed by atoms with Gasteiger partial charge < -0.3 is 10.6 Å². The summed E-state index contributed by atoms with van der Waals surface area (Å²) in [5.41, 5.74) is 1.76. The first-order chi connectivity index (χ1) is 9.60. The molecule has 5 nitrogen and oxygen atoms in total. The van der Waals surface area contributed by atoms with Crippen molar-refractivity contribution in [2.45, 2.75) is 13.8 Å². The second-order valence-corrected chi connectivity index (χ2v) is 4.67. The Labute approximate surface area is 122 Å². The first kappa shape index (κ1) is 14.3. The molecule has 0 fully saturated rings. The van der Waals surface area contributed by atoms with Gasteiger partial charge in [0.2, 0.25) is 0 Å². The Hall–Kier alpha value is -2.14. The lowest BCUT2D eigenvalue weighted by Gasteiger charge is -2.08. The molecule has 0 aliphatic carbocycles. The number of hydrogen-bond acceptors (Lipinski definition) is 4. The highest BCUT2D eigenvalue weighted by molar-refractivity contribution is 6.34. The molecule has 2 aromatic rings. The van der Waals surface area contributed by atoms with Crippen LogP contribution in [0.1, 0.15) is 23.0 Å². The zero-order chi connectivity index (χ0) is 14.5. The fourth-order valence-corrected chi connectivity index (χ4v) is 1.89. The molecule has 0 atom stereocenters. The highest BCUT2D eigenvalue weighted by Gasteiger charge is 2.13. The Kier molecular flexibility index (Phi) is 4.53. The second-order valence-electron chi connectivity index (χ2n) is 4.26. The Bertz CT molecular complexity index is 630. The number of carbonyl (C=O) groups excluding carboxylic acids is 1. The molecular formula is C14H15ClN4O. The maximum absolute atomic E-state index is 12.2. The SMILES string of the molecule is CCNc1ccc(Cl)c(C(=O)Nc2cncc(C)c2)n1. The molecule has 0 aliphatic rings. The Balaban J connectivity index is 2.22. The number of nitrogens with one attached hydrogen (secondary N) is 2. The third-order valence-corrected chi connectivity index (χ3v) is 2.86. The number of halogens is 1. The van der Waals surface area contributed by atoms with Gasteiger partial charge >= 0.3 is 0 Å². The Morgan fingerprint density at radius 3 is 2.85 bits per heavy atom. The number of aryl methyl sites for hydroxylation is 1. The van der Waals surface area contributed by atoms with Crippen LogP contribution in [0, 0.1) is 6.92 Å². The number of amides is 1. The third-order valence-electron chi connectivity index (χ3n) is 2.55. The van der Waals surface area contributed by atoms with Crippen LogP contribution in [0.25, 0.3) is 0 Å². The zero-order valence-corrected chi connectivity index (χ0v) is 12.0. The summed E-state index contributed by atoms with van der Waals surface area (Å²) in [5.74, 6) is 0.256. The number of rotatable bonds is 4. The number of nitrogens with zero attached hydrogens (tertiary/aromatic N) is 2. The Morgan fingerprint density at radius 2 is 2.15 bits per heavy atom. The van der Waals surface area contributed by atoms with Crippen LogP contribution in [0.3, 0.4) is 0 Å². The van der Waals surface area contributed by atoms with E-state index in [2.05, 4.69) is 20.6 Å². The zero-order valence-electron chi connectivity index (χ0n) is 11.3. The molecule has 0 saturated heterocycles. The monoisotopic (exact) mass is 290 g/mol. The topological polar surface area (TPSA) is 66.9 Å². The van der Waals surface area contributed by atoms with Gasteiger partial charge in [-0.25, -0.2) is 4.98 Å². The summed E-state index contributed by atoms with van der Waals surface area (Å²) in [4.78, 5) is 20.4. The normalized spacial score (nSPS) is 10.2. The number of hydrogen-bond donors (Lipinski definition) is 2. The van der Waals surface area contributed by atoms with E-state index in [-0.39, 0.29) is 11.6 Å². The van der Waals surface area contributed by atoms with Gasteiger partial charge in [0, 0.05) is 12.7 Å². The van der Waals surface area contributed by atoms with Crippen molar-refractivity contribution in [2.75, 3.05) is 17.2 Å². The highest BCUT2D eigenvalue weighted by atomic mass is 35.5. The van der Waals surface area contributed by atoms with Gasteiger partial charge in [-0.1, -0.05) is 11.6 Å². The summed E-state index contributed by atoms with van der Waals surface area (Å²) < 4.78 is 0. The first-order valence-corrected chi connectivity index (χ1v) is 6.61. The van der Waals surface area contributed by atoms with E-state index in [0.29, 0.717) is 16.5 Å². The average Bonchev–Trinajstić information content (AvgIpc) is 2.41. The minimum atomic E-state index is -0.359. The van der Waals surface area contributed by atoms with Crippen LogP contribution < -0.4 is 10.6 Å². The van der Waals surface area contributed by atoms with Crippen LogP contribution >= 0.6 is 11.6 Å². The van der Waals surface area contributed by atoms with Crippen LogP contribution in [0.15, 0.2) is 30.6 Å². The van der Waals surface area contributed by atoms with Crippen LogP contribution in [0.2, 0.25) is 5.02 Å². The molecule has 0 spiro atoms. The van der Waals surface area contributed by atoms with E-state index in [4.69, 9.17) is 11.6 Å². The summed E-state index contributed by atoms with van der Waals surface area (Å²) in [5, 5.41) is 6.08. The van der Waals surface area contributed by atoms with E-state index in [1.54, 1.807) is 24.5 Å². The van der Waals surface area contributed by atoms with E-state index in [1.165, 1.54) is 0 Å². The second kappa shape index (κ2) is 6.34. The largest absolute Gasteiger partial charge is 0.370 e. The summed E-state index contributed by atoms with van der Waals surface area (Å²) in [6, 6.07) is 5.21. The van der Waals surface area contributed by atoms with E-state index in [0.717, 1.165) is 12.1 Å². The van der Waals surface area contributed by atoms with E-state index >= 15 is 0 Å². The van der Waals surface area contributed by atoms with Gasteiger partial charge in [-0.2, -0.15) is 0 Å². The molecule has 2 aromatic heterocycles. The van der Waals surface area contributed by atoms with Gasteiger partial charge in [0.05, 0.1) is 16.9 Å². The van der Waals surface area contributed by atoms with Crippen molar-refractivity contribution in [3.8, 4) is 0 Å². The summed E-state index contributed by atoms with van der Waals surface area (Å²) in [6.07, 6.45) is 3.29. The Morgan fingerprint density at radius 1 is 1.35 bits per heavy atom. The summed E-state index contributed by atoms with van der Waals surface area (Å²) >= 11 is 6.02. The molecule has 20 heavy (non-hydrogen) atoms. The minimum Gasteiger partial charge on any atom is -0.370 e. The van der Waals surface area contributed by atoms with Gasteiger partial charge in [-0.15, -0.1) is 0 Å². The van der Waals surface area contributed by atoms with Gasteiger partial charge in [0.25, 0.3) is 5.91 Å². The molecule has 2 rings (SSSR count). The lowest BCUT2D eigenvalue weighted by atomic mass is 10.2. The van der Waals surface area contributed by atoms with Crippen molar-refractivity contribution in [2.24, 2.45) is 0 Å². The smallest absolute Gasteiger partial charge is 0.275 e.